The lowest BCUT2D eigenvalue weighted by molar-refractivity contribution is 0.670. The molecule has 0 saturated carbocycles. The summed E-state index contributed by atoms with van der Waals surface area (Å²) in [5.74, 6) is 1.76. The van der Waals surface area contributed by atoms with E-state index in [0.29, 0.717) is 17.5 Å². The second-order valence-corrected chi connectivity index (χ2v) is 16.3. The number of nitrogens with zero attached hydrogens (tertiary/aromatic N) is 3. The lowest BCUT2D eigenvalue weighted by atomic mass is 9.96. The number of hydrogen-bond acceptors (Lipinski definition) is 4. The van der Waals surface area contributed by atoms with Crippen LogP contribution in [0, 0.1) is 0 Å². The summed E-state index contributed by atoms with van der Waals surface area (Å²) in [5, 5.41) is 4.36. The highest BCUT2D eigenvalue weighted by atomic mass is 16.3. The fourth-order valence-corrected chi connectivity index (χ4v) is 9.14. The van der Waals surface area contributed by atoms with Crippen molar-refractivity contribution in [1.29, 1.82) is 0 Å². The Morgan fingerprint density at radius 1 is 0.262 bits per heavy atom. The fraction of sp³-hybridized carbons (Fsp3) is 0. The zero-order valence-electron chi connectivity index (χ0n) is 35.3. The van der Waals surface area contributed by atoms with Crippen molar-refractivity contribution < 1.29 is 4.42 Å². The molecule has 10 aromatic carbocycles. The monoisotopic (exact) mass is 829 g/mol. The number of para-hydroxylation sites is 1. The van der Waals surface area contributed by atoms with Crippen LogP contribution in [0.2, 0.25) is 0 Å². The summed E-state index contributed by atoms with van der Waals surface area (Å²) in [6.45, 7) is 0. The van der Waals surface area contributed by atoms with E-state index in [-0.39, 0.29) is 0 Å². The maximum absolute atomic E-state index is 6.80. The van der Waals surface area contributed by atoms with Gasteiger partial charge >= 0.3 is 0 Å². The average molecular weight is 830 g/mol. The van der Waals surface area contributed by atoms with Gasteiger partial charge in [0, 0.05) is 33.0 Å². The second-order valence-electron chi connectivity index (χ2n) is 16.3. The Balaban J connectivity index is 1.00. The molecule has 0 atom stereocenters. The maximum atomic E-state index is 6.80. The van der Waals surface area contributed by atoms with Crippen LogP contribution in [0.15, 0.2) is 241 Å². The summed E-state index contributed by atoms with van der Waals surface area (Å²) >= 11 is 0. The van der Waals surface area contributed by atoms with Crippen molar-refractivity contribution in [3.05, 3.63) is 237 Å². The van der Waals surface area contributed by atoms with Crippen LogP contribution >= 0.6 is 0 Å². The van der Waals surface area contributed by atoms with Gasteiger partial charge in [0.2, 0.25) is 0 Å². The molecule has 65 heavy (non-hydrogen) atoms. The molecule has 0 bridgehead atoms. The summed E-state index contributed by atoms with van der Waals surface area (Å²) in [4.78, 5) is 15.8. The first-order valence-corrected chi connectivity index (χ1v) is 21.9. The van der Waals surface area contributed by atoms with Crippen LogP contribution < -0.4 is 0 Å². The third-order valence-corrected chi connectivity index (χ3v) is 12.3. The van der Waals surface area contributed by atoms with E-state index in [0.717, 1.165) is 77.6 Å². The molecular formula is C61H39N3O. The van der Waals surface area contributed by atoms with E-state index in [1.165, 1.54) is 27.5 Å². The highest BCUT2D eigenvalue weighted by Gasteiger charge is 2.20. The SMILES string of the molecule is c1ccc(-c2cccc(-c3ccc(-c4nc(-c5cccc(-c6cccc7ccccc67)c5)nc(-c5cccc6oc7c(-c8cccc(-c9ccccc9)c8)cccc7c56)n4)cc3)c2)cc1. The van der Waals surface area contributed by atoms with Gasteiger partial charge in [-0.3, -0.25) is 0 Å². The minimum absolute atomic E-state index is 0.574. The van der Waals surface area contributed by atoms with E-state index >= 15 is 0 Å². The Morgan fingerprint density at radius 3 is 1.42 bits per heavy atom. The van der Waals surface area contributed by atoms with Gasteiger partial charge in [0.05, 0.1) is 0 Å². The molecule has 0 unspecified atom stereocenters. The van der Waals surface area contributed by atoms with Crippen molar-refractivity contribution in [2.24, 2.45) is 0 Å². The highest BCUT2D eigenvalue weighted by Crippen LogP contribution is 2.41. The van der Waals surface area contributed by atoms with Crippen LogP contribution in [-0.2, 0) is 0 Å². The molecule has 0 aliphatic heterocycles. The molecule has 0 N–H and O–H groups in total. The van der Waals surface area contributed by atoms with Gasteiger partial charge < -0.3 is 4.42 Å². The van der Waals surface area contributed by atoms with Crippen molar-refractivity contribution in [3.8, 4) is 89.8 Å². The molecule has 0 amide bonds. The lowest BCUT2D eigenvalue weighted by Crippen LogP contribution is -2.00. The molecule has 304 valence electrons. The van der Waals surface area contributed by atoms with Gasteiger partial charge in [0.1, 0.15) is 11.2 Å². The van der Waals surface area contributed by atoms with Gasteiger partial charge in [0.15, 0.2) is 17.5 Å². The molecule has 0 fully saturated rings. The summed E-state index contributed by atoms with van der Waals surface area (Å²) in [6, 6.07) is 82.9. The second kappa shape index (κ2) is 16.2. The smallest absolute Gasteiger partial charge is 0.164 e. The van der Waals surface area contributed by atoms with Crippen molar-refractivity contribution in [1.82, 2.24) is 15.0 Å². The Morgan fingerprint density at radius 2 is 0.692 bits per heavy atom. The first-order chi connectivity index (χ1) is 32.2. The molecular weight excluding hydrogens is 791 g/mol. The van der Waals surface area contributed by atoms with Gasteiger partial charge in [-0.05, 0) is 85.1 Å². The molecule has 4 nitrogen and oxygen atoms in total. The quantitative estimate of drug-likeness (QED) is 0.153. The van der Waals surface area contributed by atoms with Gasteiger partial charge in [-0.1, -0.05) is 212 Å². The minimum Gasteiger partial charge on any atom is -0.455 e. The number of furan rings is 1. The molecule has 2 heterocycles. The van der Waals surface area contributed by atoms with E-state index in [9.17, 15) is 0 Å². The topological polar surface area (TPSA) is 51.8 Å². The van der Waals surface area contributed by atoms with Crippen LogP contribution in [-0.4, -0.2) is 15.0 Å². The zero-order chi connectivity index (χ0) is 43.1. The van der Waals surface area contributed by atoms with Crippen LogP contribution in [0.4, 0.5) is 0 Å². The van der Waals surface area contributed by atoms with E-state index < -0.39 is 0 Å². The fourth-order valence-electron chi connectivity index (χ4n) is 9.14. The van der Waals surface area contributed by atoms with Gasteiger partial charge in [-0.25, -0.2) is 15.0 Å². The molecule has 0 aliphatic carbocycles. The van der Waals surface area contributed by atoms with E-state index in [2.05, 4.69) is 212 Å². The van der Waals surface area contributed by atoms with Crippen molar-refractivity contribution >= 4 is 32.7 Å². The average Bonchev–Trinajstić information content (AvgIpc) is 3.78. The highest BCUT2D eigenvalue weighted by molar-refractivity contribution is 6.15. The van der Waals surface area contributed by atoms with E-state index in [1.54, 1.807) is 0 Å². The predicted octanol–water partition coefficient (Wildman–Crippen LogP) is 16.3. The Hall–Kier alpha value is -8.73. The normalized spacial score (nSPS) is 11.4. The summed E-state index contributed by atoms with van der Waals surface area (Å²) < 4.78 is 6.80. The molecule has 0 saturated heterocycles. The molecule has 12 aromatic rings. The lowest BCUT2D eigenvalue weighted by Gasteiger charge is -2.12. The minimum atomic E-state index is 0.574. The number of aromatic nitrogens is 3. The first-order valence-electron chi connectivity index (χ1n) is 21.9. The summed E-state index contributed by atoms with van der Waals surface area (Å²) in [7, 11) is 0. The van der Waals surface area contributed by atoms with Crippen molar-refractivity contribution in [2.75, 3.05) is 0 Å². The number of hydrogen-bond donors (Lipinski definition) is 0. The third kappa shape index (κ3) is 7.13. The number of benzene rings is 10. The van der Waals surface area contributed by atoms with Gasteiger partial charge in [-0.2, -0.15) is 0 Å². The summed E-state index contributed by atoms with van der Waals surface area (Å²) in [5.41, 5.74) is 15.6. The number of fused-ring (bicyclic) bond motifs is 4. The van der Waals surface area contributed by atoms with Gasteiger partial charge in [-0.15, -0.1) is 0 Å². The van der Waals surface area contributed by atoms with Crippen LogP contribution in [0.3, 0.4) is 0 Å². The molecule has 4 heteroatoms. The molecule has 12 rings (SSSR count). The Bertz CT molecular complexity index is 3700. The van der Waals surface area contributed by atoms with Crippen LogP contribution in [0.5, 0.6) is 0 Å². The molecule has 0 radical (unpaired) electrons. The summed E-state index contributed by atoms with van der Waals surface area (Å²) in [6.07, 6.45) is 0. The van der Waals surface area contributed by atoms with Crippen molar-refractivity contribution in [3.63, 3.8) is 0 Å². The number of rotatable bonds is 8. The standard InChI is InChI=1S/C61H39N3O/c1-3-15-40(16-4-1)45-21-9-22-46(37-45)42-33-35-44(36-34-42)59-62-60(50-26-11-24-48(39-50)52-28-12-20-43-19-7-8-27-51(43)52)64-61(63-59)55-31-14-32-56-57(55)54-30-13-29-53(58(54)65-56)49-25-10-23-47(38-49)41-17-5-2-6-18-41/h1-39H. The first kappa shape index (κ1) is 38.0. The Kier molecular flexibility index (Phi) is 9.46. The van der Waals surface area contributed by atoms with Crippen LogP contribution in [0.25, 0.3) is 123 Å². The zero-order valence-corrected chi connectivity index (χ0v) is 35.3. The van der Waals surface area contributed by atoms with Gasteiger partial charge in [0.25, 0.3) is 0 Å². The molecule has 0 spiro atoms. The molecule has 0 aliphatic rings. The molecule has 2 aromatic heterocycles. The van der Waals surface area contributed by atoms with Crippen molar-refractivity contribution in [2.45, 2.75) is 0 Å². The Labute approximate surface area is 376 Å². The van der Waals surface area contributed by atoms with E-state index in [4.69, 9.17) is 19.4 Å². The van der Waals surface area contributed by atoms with Crippen LogP contribution in [0.1, 0.15) is 0 Å². The largest absolute Gasteiger partial charge is 0.455 e. The third-order valence-electron chi connectivity index (χ3n) is 12.3. The van der Waals surface area contributed by atoms with E-state index in [1.807, 2.05) is 24.3 Å². The maximum Gasteiger partial charge on any atom is 0.164 e. The predicted molar refractivity (Wildman–Crippen MR) is 268 cm³/mol.